The minimum Gasteiger partial charge on any atom is -0.473 e. The van der Waals surface area contributed by atoms with Crippen LogP contribution >= 0.6 is 11.3 Å². The second-order valence-electron chi connectivity index (χ2n) is 6.78. The third kappa shape index (κ3) is 5.78. The van der Waals surface area contributed by atoms with Crippen molar-refractivity contribution in [3.63, 3.8) is 0 Å². The molecule has 1 aliphatic heterocycles. The number of thiophene rings is 1. The Bertz CT molecular complexity index is 1010. The molecule has 0 atom stereocenters. The maximum Gasteiger partial charge on any atom is 0.414 e. The van der Waals surface area contributed by atoms with E-state index in [0.29, 0.717) is 6.54 Å². The van der Waals surface area contributed by atoms with E-state index in [-0.39, 0.29) is 5.91 Å². The molecule has 0 fully saturated rings. The fourth-order valence-corrected chi connectivity index (χ4v) is 4.01. The Hall–Kier alpha value is -3.49. The molecule has 1 aliphatic rings. The highest BCUT2D eigenvalue weighted by atomic mass is 32.1. The average molecular weight is 439 g/mol. The second kappa shape index (κ2) is 10.5. The summed E-state index contributed by atoms with van der Waals surface area (Å²) in [7, 11) is 0. The molecular formula is C23H22N2O5S. The van der Waals surface area contributed by atoms with Gasteiger partial charge in [-0.05, 0) is 47.5 Å². The molecule has 1 aromatic heterocycles. The Labute approximate surface area is 183 Å². The lowest BCUT2D eigenvalue weighted by atomic mass is 10.0. The summed E-state index contributed by atoms with van der Waals surface area (Å²) >= 11 is 1.70. The highest BCUT2D eigenvalue weighted by molar-refractivity contribution is 7.09. The number of aliphatic carboxylic acids is 2. The first-order valence-electron chi connectivity index (χ1n) is 9.65. The molecule has 160 valence electrons. The van der Waals surface area contributed by atoms with E-state index in [1.807, 2.05) is 35.2 Å². The zero-order valence-corrected chi connectivity index (χ0v) is 17.5. The number of carbonyl (C=O) groups is 3. The first-order valence-corrected chi connectivity index (χ1v) is 10.5. The third-order valence-corrected chi connectivity index (χ3v) is 5.59. The highest BCUT2D eigenvalue weighted by Gasteiger charge is 2.25. The van der Waals surface area contributed by atoms with Crippen LogP contribution in [0.25, 0.3) is 0 Å². The van der Waals surface area contributed by atoms with Crippen molar-refractivity contribution in [2.45, 2.75) is 19.4 Å². The lowest BCUT2D eigenvalue weighted by Gasteiger charge is -2.25. The summed E-state index contributed by atoms with van der Waals surface area (Å²) in [5.41, 5.74) is 4.47. The summed E-state index contributed by atoms with van der Waals surface area (Å²) in [6, 6.07) is 20.6. The SMILES string of the molecule is O=C(CNCc1cccs1)N1c2ccccc2CCc2ccccc21.O=C(O)C(=O)O. The molecule has 1 amide bonds. The van der Waals surface area contributed by atoms with E-state index < -0.39 is 11.9 Å². The van der Waals surface area contributed by atoms with Crippen LogP contribution in [0.2, 0.25) is 0 Å². The Morgan fingerprint density at radius 2 is 1.39 bits per heavy atom. The Morgan fingerprint density at radius 1 is 0.839 bits per heavy atom. The van der Waals surface area contributed by atoms with Crippen LogP contribution in [0, 0.1) is 0 Å². The van der Waals surface area contributed by atoms with Crippen LogP contribution in [-0.2, 0) is 33.8 Å². The quantitative estimate of drug-likeness (QED) is 0.539. The van der Waals surface area contributed by atoms with E-state index in [1.54, 1.807) is 11.3 Å². The number of amides is 1. The largest absolute Gasteiger partial charge is 0.473 e. The van der Waals surface area contributed by atoms with Gasteiger partial charge in [0.1, 0.15) is 0 Å². The van der Waals surface area contributed by atoms with E-state index in [1.165, 1.54) is 16.0 Å². The summed E-state index contributed by atoms with van der Waals surface area (Å²) in [5.74, 6) is -3.57. The van der Waals surface area contributed by atoms with Crippen LogP contribution in [0.1, 0.15) is 16.0 Å². The lowest BCUT2D eigenvalue weighted by Crippen LogP contribution is -2.35. The number of benzene rings is 2. The summed E-state index contributed by atoms with van der Waals surface area (Å²) in [4.78, 5) is 34.4. The van der Waals surface area contributed by atoms with Gasteiger partial charge in [-0.2, -0.15) is 0 Å². The van der Waals surface area contributed by atoms with Crippen molar-refractivity contribution < 1.29 is 24.6 Å². The smallest absolute Gasteiger partial charge is 0.414 e. The third-order valence-electron chi connectivity index (χ3n) is 4.72. The van der Waals surface area contributed by atoms with E-state index in [9.17, 15) is 4.79 Å². The number of rotatable bonds is 4. The average Bonchev–Trinajstić information content (AvgIpc) is 3.22. The van der Waals surface area contributed by atoms with Gasteiger partial charge in [-0.25, -0.2) is 9.59 Å². The van der Waals surface area contributed by atoms with Crippen molar-refractivity contribution in [2.75, 3.05) is 11.4 Å². The summed E-state index contributed by atoms with van der Waals surface area (Å²) in [5, 5.41) is 20.1. The van der Waals surface area contributed by atoms with Crippen molar-refractivity contribution in [1.29, 1.82) is 0 Å². The number of hydrogen-bond acceptors (Lipinski definition) is 5. The number of aryl methyl sites for hydroxylation is 2. The van der Waals surface area contributed by atoms with Gasteiger partial charge in [-0.15, -0.1) is 11.3 Å². The summed E-state index contributed by atoms with van der Waals surface area (Å²) < 4.78 is 0. The van der Waals surface area contributed by atoms with Gasteiger partial charge >= 0.3 is 11.9 Å². The van der Waals surface area contributed by atoms with Gasteiger partial charge in [0.2, 0.25) is 5.91 Å². The molecule has 2 heterocycles. The van der Waals surface area contributed by atoms with Gasteiger partial charge in [0.25, 0.3) is 0 Å². The Balaban J connectivity index is 0.000000401. The monoisotopic (exact) mass is 438 g/mol. The molecule has 0 saturated heterocycles. The van der Waals surface area contributed by atoms with Crippen molar-refractivity contribution >= 4 is 40.6 Å². The predicted molar refractivity (Wildman–Crippen MR) is 119 cm³/mol. The zero-order chi connectivity index (χ0) is 22.2. The maximum absolute atomic E-state index is 13.1. The molecule has 0 unspecified atom stereocenters. The number of carboxylic acid groups (broad SMARTS) is 2. The fourth-order valence-electron chi connectivity index (χ4n) is 3.33. The van der Waals surface area contributed by atoms with E-state index >= 15 is 0 Å². The molecule has 0 radical (unpaired) electrons. The molecule has 4 rings (SSSR count). The van der Waals surface area contributed by atoms with Crippen molar-refractivity contribution in [1.82, 2.24) is 5.32 Å². The summed E-state index contributed by atoms with van der Waals surface area (Å²) in [6.07, 6.45) is 1.92. The number of nitrogens with one attached hydrogen (secondary N) is 1. The molecule has 31 heavy (non-hydrogen) atoms. The second-order valence-corrected chi connectivity index (χ2v) is 7.81. The minimum absolute atomic E-state index is 0.0818. The predicted octanol–water partition coefficient (Wildman–Crippen LogP) is 3.46. The molecule has 3 aromatic rings. The number of carbonyl (C=O) groups excluding carboxylic acids is 1. The molecule has 2 aromatic carbocycles. The lowest BCUT2D eigenvalue weighted by molar-refractivity contribution is -0.159. The first-order chi connectivity index (χ1) is 15.0. The zero-order valence-electron chi connectivity index (χ0n) is 16.7. The Morgan fingerprint density at radius 3 is 1.87 bits per heavy atom. The number of nitrogens with zero attached hydrogens (tertiary/aromatic N) is 1. The van der Waals surface area contributed by atoms with E-state index in [2.05, 4.69) is 41.0 Å². The van der Waals surface area contributed by atoms with Gasteiger partial charge < -0.3 is 15.5 Å². The molecule has 0 saturated carbocycles. The molecule has 0 aliphatic carbocycles. The molecular weight excluding hydrogens is 416 g/mol. The molecule has 0 spiro atoms. The number of fused-ring (bicyclic) bond motifs is 2. The normalized spacial score (nSPS) is 11.9. The molecule has 0 bridgehead atoms. The number of carboxylic acids is 2. The van der Waals surface area contributed by atoms with Crippen LogP contribution in [0.4, 0.5) is 11.4 Å². The van der Waals surface area contributed by atoms with Gasteiger partial charge in [0.05, 0.1) is 17.9 Å². The topological polar surface area (TPSA) is 107 Å². The fraction of sp³-hybridized carbons (Fsp3) is 0.174. The van der Waals surface area contributed by atoms with E-state index in [4.69, 9.17) is 19.8 Å². The highest BCUT2D eigenvalue weighted by Crippen LogP contribution is 2.35. The van der Waals surface area contributed by atoms with Crippen molar-refractivity contribution in [3.05, 3.63) is 82.0 Å². The van der Waals surface area contributed by atoms with Crippen LogP contribution in [0.5, 0.6) is 0 Å². The molecule has 8 heteroatoms. The van der Waals surface area contributed by atoms with Gasteiger partial charge in [-0.1, -0.05) is 42.5 Å². The van der Waals surface area contributed by atoms with Gasteiger partial charge in [-0.3, -0.25) is 9.69 Å². The summed E-state index contributed by atoms with van der Waals surface area (Å²) in [6.45, 7) is 1.04. The van der Waals surface area contributed by atoms with Crippen LogP contribution < -0.4 is 10.2 Å². The minimum atomic E-state index is -1.82. The maximum atomic E-state index is 13.1. The Kier molecular flexibility index (Phi) is 7.53. The molecule has 7 nitrogen and oxygen atoms in total. The first kappa shape index (κ1) is 22.2. The van der Waals surface area contributed by atoms with E-state index in [0.717, 1.165) is 30.8 Å². The van der Waals surface area contributed by atoms with Crippen molar-refractivity contribution in [3.8, 4) is 0 Å². The van der Waals surface area contributed by atoms with Crippen molar-refractivity contribution in [2.24, 2.45) is 0 Å². The van der Waals surface area contributed by atoms with Gasteiger partial charge in [0.15, 0.2) is 0 Å². The van der Waals surface area contributed by atoms with Crippen LogP contribution in [-0.4, -0.2) is 34.6 Å². The number of para-hydroxylation sites is 2. The van der Waals surface area contributed by atoms with Gasteiger partial charge in [0, 0.05) is 11.4 Å². The van der Waals surface area contributed by atoms with Crippen LogP contribution in [0.15, 0.2) is 66.0 Å². The van der Waals surface area contributed by atoms with Crippen LogP contribution in [0.3, 0.4) is 0 Å². The number of anilines is 2. The number of hydrogen-bond donors (Lipinski definition) is 3. The molecule has 3 N–H and O–H groups in total. The standard InChI is InChI=1S/C21H20N2OS.C2H2O4/c24-21(15-22-14-18-8-5-13-25-18)23-19-9-3-1-6-16(19)11-12-17-7-2-4-10-20(17)23;3-1(4)2(5)6/h1-10,13,22H,11-12,14-15H2;(H,3,4)(H,5,6).